The van der Waals surface area contributed by atoms with Crippen molar-refractivity contribution >= 4 is 16.4 Å². The Morgan fingerprint density at radius 1 is 0.857 bits per heavy atom. The molecule has 21 heavy (non-hydrogen) atoms. The van der Waals surface area contributed by atoms with E-state index >= 15 is 0 Å². The zero-order valence-electron chi connectivity index (χ0n) is 13.1. The van der Waals surface area contributed by atoms with Crippen LogP contribution in [-0.2, 0) is 15.2 Å². The van der Waals surface area contributed by atoms with E-state index < -0.39 is 16.4 Å². The monoisotopic (exact) mass is 337 g/mol. The number of nitrogens with two attached hydrogens (primary N) is 1. The van der Waals surface area contributed by atoms with Gasteiger partial charge in [0.25, 0.3) is 0 Å². The molecule has 0 bridgehead atoms. The van der Waals surface area contributed by atoms with E-state index in [2.05, 4.69) is 6.92 Å². The van der Waals surface area contributed by atoms with Crippen LogP contribution in [0.25, 0.3) is 6.15 Å². The molecule has 0 aromatic rings. The van der Waals surface area contributed by atoms with Gasteiger partial charge in [0.2, 0.25) is 0 Å². The van der Waals surface area contributed by atoms with Crippen LogP contribution in [0.1, 0.15) is 71.1 Å². The van der Waals surface area contributed by atoms with E-state index in [0.717, 1.165) is 12.8 Å². The molecule has 0 aliphatic rings. The van der Waals surface area contributed by atoms with Gasteiger partial charge in [-0.25, -0.2) is 0 Å². The van der Waals surface area contributed by atoms with Crippen molar-refractivity contribution < 1.29 is 57.0 Å². The van der Waals surface area contributed by atoms with Crippen molar-refractivity contribution in [3.8, 4) is 0 Å². The van der Waals surface area contributed by atoms with E-state index in [0.29, 0.717) is 6.42 Å². The first-order valence-electron chi connectivity index (χ1n) is 6.69. The SMILES string of the molecule is CCCCCCCCCCCC(=O)O.O=S(=O)(O)O.[NH2-].[Na+]. The van der Waals surface area contributed by atoms with Gasteiger partial charge in [-0.05, 0) is 6.42 Å². The Morgan fingerprint density at radius 2 is 1.14 bits per heavy atom. The second kappa shape index (κ2) is 20.3. The van der Waals surface area contributed by atoms with Gasteiger partial charge in [-0.15, -0.1) is 0 Å². The van der Waals surface area contributed by atoms with Gasteiger partial charge in [0.1, 0.15) is 0 Å². The summed E-state index contributed by atoms with van der Waals surface area (Å²) >= 11 is 0. The molecule has 0 rings (SSSR count). The minimum absolute atomic E-state index is 0. The molecule has 7 nitrogen and oxygen atoms in total. The molecule has 0 atom stereocenters. The number of unbranched alkanes of at least 4 members (excludes halogenated alkanes) is 8. The number of hydrogen-bond donors (Lipinski definition) is 3. The maximum absolute atomic E-state index is 10.2. The zero-order chi connectivity index (χ0) is 15.1. The molecule has 0 heterocycles. The van der Waals surface area contributed by atoms with Crippen LogP contribution in [0.2, 0.25) is 0 Å². The summed E-state index contributed by atoms with van der Waals surface area (Å²) in [6, 6.07) is 0. The van der Waals surface area contributed by atoms with Gasteiger partial charge in [0.15, 0.2) is 0 Å². The van der Waals surface area contributed by atoms with Crippen LogP contribution in [0.5, 0.6) is 0 Å². The molecule has 124 valence electrons. The summed E-state index contributed by atoms with van der Waals surface area (Å²) in [4.78, 5) is 10.2. The third-order valence-corrected chi connectivity index (χ3v) is 2.49. The van der Waals surface area contributed by atoms with Gasteiger partial charge in [-0.2, -0.15) is 8.42 Å². The van der Waals surface area contributed by atoms with Gasteiger partial charge in [0, 0.05) is 6.42 Å². The molecular weight excluding hydrogens is 309 g/mol. The molecule has 9 heteroatoms. The summed E-state index contributed by atoms with van der Waals surface area (Å²) in [6.07, 6.45) is 11.5. The number of carbonyl (C=O) groups is 1. The second-order valence-corrected chi connectivity index (χ2v) is 5.32. The fraction of sp³-hybridized carbons (Fsp3) is 0.917. The fourth-order valence-electron chi connectivity index (χ4n) is 1.59. The molecule has 0 aliphatic heterocycles. The molecule has 0 saturated carbocycles. The van der Waals surface area contributed by atoms with Crippen molar-refractivity contribution in [2.75, 3.05) is 0 Å². The maximum atomic E-state index is 10.2. The third-order valence-electron chi connectivity index (χ3n) is 2.49. The molecule has 0 radical (unpaired) electrons. The van der Waals surface area contributed by atoms with E-state index in [1.54, 1.807) is 0 Å². The average molecular weight is 337 g/mol. The van der Waals surface area contributed by atoms with Crippen LogP contribution in [0.3, 0.4) is 0 Å². The maximum Gasteiger partial charge on any atom is 1.00 e. The number of carboxylic acid groups (broad SMARTS) is 1. The van der Waals surface area contributed by atoms with Crippen LogP contribution in [0.4, 0.5) is 0 Å². The summed E-state index contributed by atoms with van der Waals surface area (Å²) in [6.45, 7) is 2.23. The predicted molar refractivity (Wildman–Crippen MR) is 78.9 cm³/mol. The van der Waals surface area contributed by atoms with Gasteiger partial charge in [-0.3, -0.25) is 13.9 Å². The molecule has 0 spiro atoms. The van der Waals surface area contributed by atoms with E-state index in [1.807, 2.05) is 0 Å². The summed E-state index contributed by atoms with van der Waals surface area (Å²) in [7, 11) is -4.67. The molecule has 0 aliphatic carbocycles. The quantitative estimate of drug-likeness (QED) is 0.309. The first-order valence-corrected chi connectivity index (χ1v) is 8.08. The molecule has 0 aromatic heterocycles. The first kappa shape index (κ1) is 29.3. The van der Waals surface area contributed by atoms with Crippen LogP contribution < -0.4 is 29.6 Å². The largest absolute Gasteiger partial charge is 1.00 e. The smallest absolute Gasteiger partial charge is 0.693 e. The Bertz CT molecular complexity index is 303. The Hall–Kier alpha value is 0.300. The second-order valence-electron chi connectivity index (χ2n) is 4.42. The number of aliphatic carboxylic acids is 1. The van der Waals surface area contributed by atoms with Gasteiger partial charge < -0.3 is 11.3 Å². The standard InChI is InChI=1S/C12H24O2.H2N.Na.H2O4S/c1-2-3-4-5-6-7-8-9-10-11-12(13)14;;;1-5(2,3)4/h2-11H2,1H3,(H,13,14);1H2;;(H2,1,2,3,4)/q;-1;+1;. The van der Waals surface area contributed by atoms with Crippen LogP contribution in [-0.4, -0.2) is 28.6 Å². The van der Waals surface area contributed by atoms with Crippen molar-refractivity contribution in [3.05, 3.63) is 6.15 Å². The molecule has 5 N–H and O–H groups in total. The molecular formula is C12H28NNaO6S. The Balaban J connectivity index is -0.000000179. The number of carboxylic acids is 1. The van der Waals surface area contributed by atoms with E-state index in [-0.39, 0.29) is 35.7 Å². The molecule has 0 unspecified atom stereocenters. The normalized spacial score (nSPS) is 9.67. The van der Waals surface area contributed by atoms with Crippen molar-refractivity contribution in [2.24, 2.45) is 0 Å². The summed E-state index contributed by atoms with van der Waals surface area (Å²) in [5, 5.41) is 8.41. The topological polar surface area (TPSA) is 145 Å². The van der Waals surface area contributed by atoms with Gasteiger partial charge in [-0.1, -0.05) is 58.3 Å². The van der Waals surface area contributed by atoms with Crippen LogP contribution in [0.15, 0.2) is 0 Å². The van der Waals surface area contributed by atoms with E-state index in [9.17, 15) is 4.79 Å². The minimum Gasteiger partial charge on any atom is -0.693 e. The van der Waals surface area contributed by atoms with Crippen molar-refractivity contribution in [1.82, 2.24) is 0 Å². The van der Waals surface area contributed by atoms with Crippen molar-refractivity contribution in [1.29, 1.82) is 0 Å². The van der Waals surface area contributed by atoms with Crippen LogP contribution >= 0.6 is 0 Å². The zero-order valence-corrected chi connectivity index (χ0v) is 15.9. The number of hydrogen-bond acceptors (Lipinski definition) is 3. The summed E-state index contributed by atoms with van der Waals surface area (Å²) in [5.74, 6) is -0.659. The Kier molecular flexibility index (Phi) is 28.4. The molecule has 0 amide bonds. The molecule has 0 aromatic carbocycles. The minimum atomic E-state index is -4.67. The van der Waals surface area contributed by atoms with Crippen LogP contribution in [0, 0.1) is 0 Å². The third kappa shape index (κ3) is 53.2. The first-order chi connectivity index (χ1) is 8.77. The number of rotatable bonds is 10. The van der Waals surface area contributed by atoms with Crippen molar-refractivity contribution in [3.63, 3.8) is 0 Å². The predicted octanol–water partition coefficient (Wildman–Crippen LogP) is 1.06. The summed E-state index contributed by atoms with van der Waals surface area (Å²) in [5.41, 5.74) is 0. The Labute approximate surface area is 150 Å². The van der Waals surface area contributed by atoms with Gasteiger partial charge >= 0.3 is 45.9 Å². The fourth-order valence-corrected chi connectivity index (χ4v) is 1.59. The van der Waals surface area contributed by atoms with Gasteiger partial charge in [0.05, 0.1) is 0 Å². The van der Waals surface area contributed by atoms with E-state index in [1.165, 1.54) is 44.9 Å². The Morgan fingerprint density at radius 3 is 1.43 bits per heavy atom. The van der Waals surface area contributed by atoms with Crippen molar-refractivity contribution in [2.45, 2.75) is 71.1 Å². The van der Waals surface area contributed by atoms with E-state index in [4.69, 9.17) is 22.6 Å². The molecule has 0 saturated heterocycles. The summed E-state index contributed by atoms with van der Waals surface area (Å²) < 4.78 is 31.6. The molecule has 0 fully saturated rings. The average Bonchev–Trinajstić information content (AvgIpc) is 2.24.